The van der Waals surface area contributed by atoms with Crippen LogP contribution in [0.5, 0.6) is 0 Å². The van der Waals surface area contributed by atoms with Crippen LogP contribution in [0.25, 0.3) is 28.0 Å². The third-order valence-electron chi connectivity index (χ3n) is 8.32. The van der Waals surface area contributed by atoms with E-state index in [0.717, 1.165) is 46.3 Å². The van der Waals surface area contributed by atoms with E-state index in [2.05, 4.69) is 36.4 Å². The Morgan fingerprint density at radius 2 is 1.86 bits per heavy atom. The molecule has 1 saturated heterocycles. The minimum Gasteiger partial charge on any atom is -0.350 e. The summed E-state index contributed by atoms with van der Waals surface area (Å²) in [5, 5.41) is 0.774. The molecule has 2 fully saturated rings. The first-order valence-electron chi connectivity index (χ1n) is 14.6. The van der Waals surface area contributed by atoms with Crippen molar-refractivity contribution in [1.82, 2.24) is 24.4 Å². The largest absolute Gasteiger partial charge is 0.355 e. The molecule has 0 radical (unpaired) electrons. The molecular formula is C33H35FN6O2. The lowest BCUT2D eigenvalue weighted by Crippen LogP contribution is -2.54. The number of aromatic nitrogens is 4. The third kappa shape index (κ3) is 4.86. The van der Waals surface area contributed by atoms with Gasteiger partial charge < -0.3 is 9.80 Å². The summed E-state index contributed by atoms with van der Waals surface area (Å²) in [6.07, 6.45) is 5.18. The minimum absolute atomic E-state index is 0.0549. The van der Waals surface area contributed by atoms with E-state index in [9.17, 15) is 14.0 Å². The lowest BCUT2D eigenvalue weighted by atomic mass is 10.00. The maximum atomic E-state index is 14.1. The van der Waals surface area contributed by atoms with Gasteiger partial charge in [-0.15, -0.1) is 0 Å². The van der Waals surface area contributed by atoms with Gasteiger partial charge in [-0.1, -0.05) is 20.4 Å². The van der Waals surface area contributed by atoms with Gasteiger partial charge in [0.25, 0.3) is 0 Å². The zero-order valence-corrected chi connectivity index (χ0v) is 24.5. The third-order valence-corrected chi connectivity index (χ3v) is 8.32. The Labute approximate surface area is 244 Å². The Morgan fingerprint density at radius 1 is 1.12 bits per heavy atom. The lowest BCUT2D eigenvalue weighted by molar-refractivity contribution is -0.126. The average Bonchev–Trinajstić information content (AvgIpc) is 3.82. The van der Waals surface area contributed by atoms with E-state index in [4.69, 9.17) is 9.97 Å². The van der Waals surface area contributed by atoms with E-state index in [1.807, 2.05) is 19.9 Å². The normalized spacial score (nSPS) is 17.2. The second-order valence-corrected chi connectivity index (χ2v) is 11.7. The standard InChI is InChI=1S/C33H35FN6O2/c1-6-27(41)38-15-16-39(21(5)18-38)31-26-17-25(22-7-8-22)29(23-9-11-24(34)12-10-23)36-32(26)40(33(42)37-31)30-20(4)13-14-35-28(30)19(2)3/h6,9-14,17,19,21-22H,1,7-8,15-16,18H2,2-5H3/t21-/m0/s1. The van der Waals surface area contributed by atoms with Crippen molar-refractivity contribution in [2.24, 2.45) is 0 Å². The number of halogens is 1. The van der Waals surface area contributed by atoms with Crippen LogP contribution in [0.4, 0.5) is 10.2 Å². The topological polar surface area (TPSA) is 84.2 Å². The maximum Gasteiger partial charge on any atom is 0.355 e. The second-order valence-electron chi connectivity index (χ2n) is 11.7. The van der Waals surface area contributed by atoms with Crippen LogP contribution in [-0.4, -0.2) is 56.0 Å². The number of fused-ring (bicyclic) bond motifs is 1. The van der Waals surface area contributed by atoms with Crippen molar-refractivity contribution in [2.75, 3.05) is 24.5 Å². The molecule has 4 heterocycles. The SMILES string of the molecule is C=CC(=O)N1CCN(c2nc(=O)n(-c3c(C)ccnc3C(C)C)c3nc(-c4ccc(F)cc4)c(C4CC4)cc23)[C@@H](C)C1. The Balaban J connectivity index is 1.64. The van der Waals surface area contributed by atoms with E-state index in [1.54, 1.807) is 27.8 Å². The number of benzene rings is 1. The van der Waals surface area contributed by atoms with Crippen molar-refractivity contribution in [1.29, 1.82) is 0 Å². The summed E-state index contributed by atoms with van der Waals surface area (Å²) < 4.78 is 15.5. The van der Waals surface area contributed by atoms with Crippen LogP contribution in [0.2, 0.25) is 0 Å². The molecule has 42 heavy (non-hydrogen) atoms. The molecule has 4 aromatic rings. The van der Waals surface area contributed by atoms with Crippen LogP contribution in [0.3, 0.4) is 0 Å². The summed E-state index contributed by atoms with van der Waals surface area (Å²) in [7, 11) is 0. The highest BCUT2D eigenvalue weighted by atomic mass is 19.1. The molecule has 1 aromatic carbocycles. The fraction of sp³-hybridized carbons (Fsp3) is 0.364. The quantitative estimate of drug-likeness (QED) is 0.286. The number of hydrogen-bond donors (Lipinski definition) is 0. The highest BCUT2D eigenvalue weighted by molar-refractivity contribution is 5.92. The smallest absolute Gasteiger partial charge is 0.350 e. The Morgan fingerprint density at radius 3 is 2.50 bits per heavy atom. The lowest BCUT2D eigenvalue weighted by Gasteiger charge is -2.40. The molecule has 0 bridgehead atoms. The number of carbonyl (C=O) groups excluding carboxylic acids is 1. The van der Waals surface area contributed by atoms with Gasteiger partial charge in [0.05, 0.1) is 22.5 Å². The first-order valence-corrected chi connectivity index (χ1v) is 14.6. The molecule has 1 aliphatic heterocycles. The van der Waals surface area contributed by atoms with Gasteiger partial charge in [-0.2, -0.15) is 4.98 Å². The van der Waals surface area contributed by atoms with Crippen LogP contribution in [0.1, 0.15) is 62.3 Å². The van der Waals surface area contributed by atoms with Gasteiger partial charge in [-0.3, -0.25) is 9.78 Å². The highest BCUT2D eigenvalue weighted by Crippen LogP contribution is 2.46. The number of anilines is 1. The van der Waals surface area contributed by atoms with Crippen molar-refractivity contribution in [3.05, 3.63) is 88.4 Å². The molecule has 0 unspecified atom stereocenters. The first kappa shape index (κ1) is 27.8. The van der Waals surface area contributed by atoms with Crippen LogP contribution >= 0.6 is 0 Å². The van der Waals surface area contributed by atoms with E-state index < -0.39 is 5.69 Å². The Hall–Kier alpha value is -4.40. The predicted molar refractivity (Wildman–Crippen MR) is 163 cm³/mol. The number of pyridine rings is 2. The Kier molecular flexibility index (Phi) is 7.12. The highest BCUT2D eigenvalue weighted by Gasteiger charge is 2.33. The molecule has 9 heteroatoms. The number of piperazine rings is 1. The van der Waals surface area contributed by atoms with Crippen LogP contribution in [0, 0.1) is 12.7 Å². The van der Waals surface area contributed by atoms with Gasteiger partial charge in [-0.25, -0.2) is 18.7 Å². The summed E-state index contributed by atoms with van der Waals surface area (Å²) >= 11 is 0. The molecular weight excluding hydrogens is 531 g/mol. The van der Waals surface area contributed by atoms with Crippen molar-refractivity contribution in [3.8, 4) is 16.9 Å². The molecule has 0 spiro atoms. The summed E-state index contributed by atoms with van der Waals surface area (Å²) in [4.78, 5) is 44.9. The van der Waals surface area contributed by atoms with E-state index >= 15 is 0 Å². The van der Waals surface area contributed by atoms with Gasteiger partial charge in [0.2, 0.25) is 5.91 Å². The average molecular weight is 567 g/mol. The van der Waals surface area contributed by atoms with Crippen molar-refractivity contribution in [2.45, 2.75) is 58.4 Å². The van der Waals surface area contributed by atoms with E-state index in [-0.39, 0.29) is 23.7 Å². The Bertz CT molecular complexity index is 1760. The van der Waals surface area contributed by atoms with E-state index in [0.29, 0.717) is 42.7 Å². The van der Waals surface area contributed by atoms with Crippen molar-refractivity contribution >= 4 is 22.8 Å². The maximum absolute atomic E-state index is 14.1. The summed E-state index contributed by atoms with van der Waals surface area (Å²) in [6.45, 7) is 13.2. The van der Waals surface area contributed by atoms with Gasteiger partial charge >= 0.3 is 5.69 Å². The zero-order valence-electron chi connectivity index (χ0n) is 24.5. The molecule has 6 rings (SSSR count). The summed E-state index contributed by atoms with van der Waals surface area (Å²) in [5.74, 6) is 0.536. The number of hydrogen-bond acceptors (Lipinski definition) is 6. The summed E-state index contributed by atoms with van der Waals surface area (Å²) in [5.41, 5.74) is 5.04. The monoisotopic (exact) mass is 566 g/mol. The molecule has 1 atom stereocenters. The molecule has 8 nitrogen and oxygen atoms in total. The number of carbonyl (C=O) groups is 1. The molecule has 0 N–H and O–H groups in total. The van der Waals surface area contributed by atoms with Gasteiger partial charge in [0, 0.05) is 37.4 Å². The first-order chi connectivity index (χ1) is 20.2. The number of rotatable bonds is 6. The number of amides is 1. The van der Waals surface area contributed by atoms with Gasteiger partial charge in [0.1, 0.15) is 11.6 Å². The molecule has 1 aliphatic carbocycles. The van der Waals surface area contributed by atoms with Crippen LogP contribution < -0.4 is 10.6 Å². The van der Waals surface area contributed by atoms with Crippen LogP contribution in [-0.2, 0) is 4.79 Å². The minimum atomic E-state index is -0.441. The number of aryl methyl sites for hydroxylation is 1. The molecule has 1 saturated carbocycles. The second kappa shape index (κ2) is 10.8. The fourth-order valence-electron chi connectivity index (χ4n) is 6.00. The zero-order chi connectivity index (χ0) is 29.7. The van der Waals surface area contributed by atoms with E-state index in [1.165, 1.54) is 18.2 Å². The molecule has 216 valence electrons. The van der Waals surface area contributed by atoms with Gasteiger partial charge in [-0.05, 0) is 92.1 Å². The summed E-state index contributed by atoms with van der Waals surface area (Å²) in [6, 6.07) is 10.3. The number of nitrogens with zero attached hydrogens (tertiary/aromatic N) is 6. The molecule has 2 aliphatic rings. The van der Waals surface area contributed by atoms with Gasteiger partial charge in [0.15, 0.2) is 5.65 Å². The molecule has 1 amide bonds. The fourth-order valence-corrected chi connectivity index (χ4v) is 6.00. The van der Waals surface area contributed by atoms with Crippen molar-refractivity contribution in [3.63, 3.8) is 0 Å². The predicted octanol–water partition coefficient (Wildman–Crippen LogP) is 5.51. The molecule has 3 aromatic heterocycles. The van der Waals surface area contributed by atoms with Crippen molar-refractivity contribution < 1.29 is 9.18 Å². The van der Waals surface area contributed by atoms with Crippen LogP contribution in [0.15, 0.2) is 60.0 Å².